The summed E-state index contributed by atoms with van der Waals surface area (Å²) in [5, 5.41) is 18.0. The van der Waals surface area contributed by atoms with Gasteiger partial charge in [0.2, 0.25) is 5.82 Å². The number of rotatable bonds is 5. The van der Waals surface area contributed by atoms with Crippen molar-refractivity contribution in [1.82, 2.24) is 10.3 Å². The van der Waals surface area contributed by atoms with Crippen molar-refractivity contribution in [3.63, 3.8) is 0 Å². The number of hydrogen-bond donors (Lipinski definition) is 2. The molecule has 2 aliphatic heterocycles. The number of hydrogen-bond acceptors (Lipinski definition) is 7. The molecule has 0 spiro atoms. The van der Waals surface area contributed by atoms with Crippen LogP contribution in [0, 0.1) is 10.1 Å². The van der Waals surface area contributed by atoms with Gasteiger partial charge in [-0.1, -0.05) is 12.1 Å². The lowest BCUT2D eigenvalue weighted by atomic mass is 10.1. The quantitative estimate of drug-likeness (QED) is 0.589. The fourth-order valence-electron chi connectivity index (χ4n) is 3.88. The summed E-state index contributed by atoms with van der Waals surface area (Å²) in [7, 11) is 0. The monoisotopic (exact) mass is 400 g/mol. The van der Waals surface area contributed by atoms with Crippen LogP contribution in [0.1, 0.15) is 12.8 Å². The van der Waals surface area contributed by atoms with Crippen LogP contribution >= 0.6 is 0 Å². The molecule has 2 saturated heterocycles. The van der Waals surface area contributed by atoms with E-state index in [-0.39, 0.29) is 11.5 Å². The second kappa shape index (κ2) is 8.60. The number of halogens is 1. The molecule has 2 aliphatic rings. The average molecular weight is 400 g/mol. The molecule has 3 heterocycles. The zero-order chi connectivity index (χ0) is 20.2. The summed E-state index contributed by atoms with van der Waals surface area (Å²) in [4.78, 5) is 19.8. The third kappa shape index (κ3) is 4.40. The molecule has 0 aliphatic carbocycles. The van der Waals surface area contributed by atoms with Crippen molar-refractivity contribution in [3.05, 3.63) is 46.5 Å². The lowest BCUT2D eigenvalue weighted by Crippen LogP contribution is -2.43. The van der Waals surface area contributed by atoms with Crippen LogP contribution in [-0.2, 0) is 0 Å². The van der Waals surface area contributed by atoms with Crippen LogP contribution in [0.25, 0.3) is 0 Å². The zero-order valence-corrected chi connectivity index (χ0v) is 16.2. The number of pyridine rings is 1. The van der Waals surface area contributed by atoms with E-state index in [0.717, 1.165) is 44.8 Å². The van der Waals surface area contributed by atoms with Gasteiger partial charge in [-0.05, 0) is 31.0 Å². The highest BCUT2D eigenvalue weighted by Crippen LogP contribution is 2.34. The Labute approximate surface area is 168 Å². The Morgan fingerprint density at radius 3 is 2.69 bits per heavy atom. The van der Waals surface area contributed by atoms with Gasteiger partial charge in [0.15, 0.2) is 0 Å². The molecule has 2 fully saturated rings. The number of piperazine rings is 1. The molecule has 0 saturated carbocycles. The standard InChI is InChI=1S/C20H25FN6O2/c21-15-4-3-11-26(14-15)17-6-2-1-5-16(17)23-20-18(27(28)29)7-8-19(24-20)25-12-9-22-10-13-25/h1-2,5-8,15,22H,3-4,9-14H2,(H,23,24). The molecule has 0 radical (unpaired) electrons. The Morgan fingerprint density at radius 2 is 1.93 bits per heavy atom. The van der Waals surface area contributed by atoms with Gasteiger partial charge in [0.1, 0.15) is 12.0 Å². The first kappa shape index (κ1) is 19.4. The molecule has 0 bridgehead atoms. The highest BCUT2D eigenvalue weighted by atomic mass is 19.1. The van der Waals surface area contributed by atoms with Crippen LogP contribution in [0.2, 0.25) is 0 Å². The Hall–Kier alpha value is -2.94. The Balaban J connectivity index is 1.65. The van der Waals surface area contributed by atoms with E-state index in [0.29, 0.717) is 24.5 Å². The van der Waals surface area contributed by atoms with E-state index in [1.165, 1.54) is 6.07 Å². The first-order valence-electron chi connectivity index (χ1n) is 9.98. The summed E-state index contributed by atoms with van der Waals surface area (Å²) in [5.74, 6) is 0.908. The summed E-state index contributed by atoms with van der Waals surface area (Å²) < 4.78 is 13.9. The number of nitrogens with one attached hydrogen (secondary N) is 2. The molecule has 1 atom stereocenters. The van der Waals surface area contributed by atoms with Crippen molar-refractivity contribution < 1.29 is 9.31 Å². The molecule has 0 amide bonds. The topological polar surface area (TPSA) is 86.6 Å². The second-order valence-corrected chi connectivity index (χ2v) is 7.36. The van der Waals surface area contributed by atoms with Gasteiger partial charge in [0.25, 0.3) is 0 Å². The van der Waals surface area contributed by atoms with E-state index in [4.69, 9.17) is 0 Å². The van der Waals surface area contributed by atoms with E-state index < -0.39 is 11.1 Å². The van der Waals surface area contributed by atoms with Gasteiger partial charge in [-0.3, -0.25) is 10.1 Å². The fourth-order valence-corrected chi connectivity index (χ4v) is 3.88. The predicted octanol–water partition coefficient (Wildman–Crippen LogP) is 3.08. The third-order valence-electron chi connectivity index (χ3n) is 5.36. The van der Waals surface area contributed by atoms with Crippen LogP contribution in [0.4, 0.5) is 33.1 Å². The SMILES string of the molecule is O=[N+]([O-])c1ccc(N2CCNCC2)nc1Nc1ccccc1N1CCCC(F)C1. The van der Waals surface area contributed by atoms with Crippen LogP contribution in [0.15, 0.2) is 36.4 Å². The second-order valence-electron chi connectivity index (χ2n) is 7.36. The molecular formula is C20H25FN6O2. The molecule has 1 unspecified atom stereocenters. The highest BCUT2D eigenvalue weighted by Gasteiger charge is 2.24. The molecule has 2 aromatic rings. The van der Waals surface area contributed by atoms with Gasteiger partial charge in [-0.2, -0.15) is 0 Å². The van der Waals surface area contributed by atoms with Crippen LogP contribution in [0.5, 0.6) is 0 Å². The normalized spacial score (nSPS) is 19.8. The Morgan fingerprint density at radius 1 is 1.14 bits per heavy atom. The summed E-state index contributed by atoms with van der Waals surface area (Å²) in [6.07, 6.45) is 0.499. The van der Waals surface area contributed by atoms with Gasteiger partial charge in [0.05, 0.1) is 16.3 Å². The molecule has 8 nitrogen and oxygen atoms in total. The summed E-state index contributed by atoms with van der Waals surface area (Å²) in [6, 6.07) is 10.7. The van der Waals surface area contributed by atoms with Crippen molar-refractivity contribution in [2.75, 3.05) is 54.4 Å². The Bertz CT molecular complexity index is 874. The molecular weight excluding hydrogens is 375 g/mol. The maximum atomic E-state index is 13.9. The summed E-state index contributed by atoms with van der Waals surface area (Å²) >= 11 is 0. The van der Waals surface area contributed by atoms with Crippen molar-refractivity contribution in [2.45, 2.75) is 19.0 Å². The maximum Gasteiger partial charge on any atom is 0.311 e. The molecule has 29 heavy (non-hydrogen) atoms. The van der Waals surface area contributed by atoms with E-state index in [1.807, 2.05) is 29.2 Å². The van der Waals surface area contributed by atoms with Crippen molar-refractivity contribution >= 4 is 28.7 Å². The zero-order valence-electron chi connectivity index (χ0n) is 16.2. The number of alkyl halides is 1. The number of aromatic nitrogens is 1. The lowest BCUT2D eigenvalue weighted by Gasteiger charge is -2.32. The van der Waals surface area contributed by atoms with Crippen LogP contribution < -0.4 is 20.4 Å². The number of nitro groups is 1. The van der Waals surface area contributed by atoms with Gasteiger partial charge < -0.3 is 20.4 Å². The van der Waals surface area contributed by atoms with Gasteiger partial charge >= 0.3 is 5.69 Å². The van der Waals surface area contributed by atoms with Crippen molar-refractivity contribution in [3.8, 4) is 0 Å². The minimum absolute atomic E-state index is 0.0827. The molecule has 1 aromatic heterocycles. The minimum Gasteiger partial charge on any atom is -0.367 e. The van der Waals surface area contributed by atoms with Crippen LogP contribution in [-0.4, -0.2) is 55.3 Å². The molecule has 4 rings (SSSR count). The van der Waals surface area contributed by atoms with E-state index in [2.05, 4.69) is 20.5 Å². The average Bonchev–Trinajstić information content (AvgIpc) is 2.74. The maximum absolute atomic E-state index is 13.9. The number of nitrogens with zero attached hydrogens (tertiary/aromatic N) is 4. The molecule has 154 valence electrons. The van der Waals surface area contributed by atoms with E-state index in [1.54, 1.807) is 6.07 Å². The molecule has 1 aromatic carbocycles. The number of anilines is 4. The summed E-state index contributed by atoms with van der Waals surface area (Å²) in [5.41, 5.74) is 1.44. The largest absolute Gasteiger partial charge is 0.367 e. The molecule has 9 heteroatoms. The van der Waals surface area contributed by atoms with Gasteiger partial charge in [-0.15, -0.1) is 0 Å². The smallest absolute Gasteiger partial charge is 0.311 e. The highest BCUT2D eigenvalue weighted by molar-refractivity contribution is 5.78. The summed E-state index contributed by atoms with van der Waals surface area (Å²) in [6.45, 7) is 4.39. The fraction of sp³-hybridized carbons (Fsp3) is 0.450. The van der Waals surface area contributed by atoms with Gasteiger partial charge in [-0.25, -0.2) is 9.37 Å². The predicted molar refractivity (Wildman–Crippen MR) is 112 cm³/mol. The number of benzene rings is 1. The number of piperidine rings is 1. The van der Waals surface area contributed by atoms with E-state index in [9.17, 15) is 14.5 Å². The van der Waals surface area contributed by atoms with E-state index >= 15 is 0 Å². The molecule has 2 N–H and O–H groups in total. The number of para-hydroxylation sites is 2. The lowest BCUT2D eigenvalue weighted by molar-refractivity contribution is -0.384. The third-order valence-corrected chi connectivity index (χ3v) is 5.36. The van der Waals surface area contributed by atoms with Crippen molar-refractivity contribution in [1.29, 1.82) is 0 Å². The first-order valence-corrected chi connectivity index (χ1v) is 9.98. The minimum atomic E-state index is -0.861. The first-order chi connectivity index (χ1) is 14.1. The van der Waals surface area contributed by atoms with Crippen molar-refractivity contribution in [2.24, 2.45) is 0 Å². The van der Waals surface area contributed by atoms with Gasteiger partial charge in [0, 0.05) is 45.3 Å². The van der Waals surface area contributed by atoms with Crippen LogP contribution in [0.3, 0.4) is 0 Å². The Kier molecular flexibility index (Phi) is 5.75.